The zero-order valence-electron chi connectivity index (χ0n) is 28.9. The van der Waals surface area contributed by atoms with Gasteiger partial charge in [-0.1, -0.05) is 54.6 Å². The molecule has 3 aromatic rings. The third kappa shape index (κ3) is 6.20. The summed E-state index contributed by atoms with van der Waals surface area (Å²) in [5.41, 5.74) is 9.01. The number of fused-ring (bicyclic) bond motifs is 4. The molecule has 4 fully saturated rings. The van der Waals surface area contributed by atoms with Crippen LogP contribution >= 0.6 is 0 Å². The van der Waals surface area contributed by atoms with Gasteiger partial charge in [0.25, 0.3) is 0 Å². The predicted molar refractivity (Wildman–Crippen MR) is 202 cm³/mol. The van der Waals surface area contributed by atoms with E-state index in [1.54, 1.807) is 0 Å². The Morgan fingerprint density at radius 1 is 1.00 bits per heavy atom. The lowest BCUT2D eigenvalue weighted by Crippen LogP contribution is -2.50. The fraction of sp³-hybridized carbons (Fsp3) is 0.419. The minimum Gasteiger partial charge on any atom is -0.353 e. The summed E-state index contributed by atoms with van der Waals surface area (Å²) in [6.07, 6.45) is 15.4. The molecule has 4 aliphatic heterocycles. The van der Waals surface area contributed by atoms with Crippen LogP contribution < -0.4 is 5.32 Å². The van der Waals surface area contributed by atoms with Crippen molar-refractivity contribution in [1.82, 2.24) is 15.1 Å². The van der Waals surface area contributed by atoms with Crippen LogP contribution in [0.15, 0.2) is 99.8 Å². The van der Waals surface area contributed by atoms with Crippen molar-refractivity contribution in [1.29, 1.82) is 5.26 Å². The zero-order valence-corrected chi connectivity index (χ0v) is 28.9. The first-order valence-corrected chi connectivity index (χ1v) is 18.5. The van der Waals surface area contributed by atoms with Crippen molar-refractivity contribution < 1.29 is 0 Å². The number of nitriles is 1. The molecular formula is C43H48N6. The van der Waals surface area contributed by atoms with Gasteiger partial charge in [0, 0.05) is 42.8 Å². The largest absolute Gasteiger partial charge is 0.353 e. The first-order chi connectivity index (χ1) is 24.0. The third-order valence-corrected chi connectivity index (χ3v) is 11.8. The van der Waals surface area contributed by atoms with Crippen LogP contribution in [0.4, 0.5) is 0 Å². The number of benzene rings is 3. The van der Waals surface area contributed by atoms with E-state index in [0.29, 0.717) is 24.0 Å². The number of nitrogens with zero attached hydrogens (tertiary/aromatic N) is 5. The molecule has 49 heavy (non-hydrogen) atoms. The predicted octanol–water partition coefficient (Wildman–Crippen LogP) is 7.78. The molecule has 0 spiro atoms. The molecule has 0 radical (unpaired) electrons. The van der Waals surface area contributed by atoms with Gasteiger partial charge in [0.2, 0.25) is 0 Å². The SMILES string of the molecule is C=N/C(=C1/C=C(Cc2ccccc2C#N)C(c2cc(C)cc3ccccc23)=C/C1=N/CCCC12CCCN1CCC2)N1CC2CCC(C1)N2. The summed E-state index contributed by atoms with van der Waals surface area (Å²) in [6.45, 7) is 11.5. The van der Waals surface area contributed by atoms with Gasteiger partial charge in [0.05, 0.1) is 17.3 Å². The summed E-state index contributed by atoms with van der Waals surface area (Å²) in [6, 6.07) is 24.7. The van der Waals surface area contributed by atoms with E-state index in [9.17, 15) is 5.26 Å². The van der Waals surface area contributed by atoms with Crippen molar-refractivity contribution in [2.24, 2.45) is 9.98 Å². The van der Waals surface area contributed by atoms with E-state index in [1.165, 1.54) is 91.1 Å². The molecule has 2 atom stereocenters. The first-order valence-electron chi connectivity index (χ1n) is 18.5. The van der Waals surface area contributed by atoms with Gasteiger partial charge in [-0.3, -0.25) is 9.89 Å². The van der Waals surface area contributed by atoms with Crippen LogP contribution in [0, 0.1) is 18.3 Å². The van der Waals surface area contributed by atoms with E-state index in [2.05, 4.69) is 89.4 Å². The third-order valence-electron chi connectivity index (χ3n) is 11.8. The van der Waals surface area contributed by atoms with Crippen LogP contribution in [0.3, 0.4) is 0 Å². The summed E-state index contributed by atoms with van der Waals surface area (Å²) in [5, 5.41) is 16.3. The lowest BCUT2D eigenvalue weighted by atomic mass is 9.82. The number of likely N-dealkylation sites (tertiary alicyclic amines) is 1. The Labute approximate surface area is 291 Å². The van der Waals surface area contributed by atoms with Crippen molar-refractivity contribution in [3.63, 3.8) is 0 Å². The van der Waals surface area contributed by atoms with Gasteiger partial charge in [0.1, 0.15) is 5.82 Å². The minimum atomic E-state index is 0.405. The van der Waals surface area contributed by atoms with Gasteiger partial charge < -0.3 is 10.2 Å². The number of allylic oxidation sites excluding steroid dienone is 5. The summed E-state index contributed by atoms with van der Waals surface area (Å²) in [7, 11) is 0. The maximum Gasteiger partial charge on any atom is 0.137 e. The van der Waals surface area contributed by atoms with Crippen molar-refractivity contribution in [3.8, 4) is 6.07 Å². The molecule has 3 aromatic carbocycles. The second-order valence-corrected chi connectivity index (χ2v) is 14.9. The highest BCUT2D eigenvalue weighted by atomic mass is 15.3. The fourth-order valence-corrected chi connectivity index (χ4v) is 9.58. The van der Waals surface area contributed by atoms with Gasteiger partial charge in [0.15, 0.2) is 0 Å². The maximum atomic E-state index is 10.1. The van der Waals surface area contributed by atoms with Crippen LogP contribution in [0.5, 0.6) is 0 Å². The Balaban J connectivity index is 1.25. The van der Waals surface area contributed by atoms with E-state index in [-0.39, 0.29) is 0 Å². The van der Waals surface area contributed by atoms with E-state index in [4.69, 9.17) is 9.98 Å². The molecule has 6 nitrogen and oxygen atoms in total. The molecule has 0 aromatic heterocycles. The van der Waals surface area contributed by atoms with Gasteiger partial charge in [-0.2, -0.15) is 5.26 Å². The van der Waals surface area contributed by atoms with Crippen LogP contribution in [0.1, 0.15) is 73.6 Å². The Bertz CT molecular complexity index is 1920. The lowest BCUT2D eigenvalue weighted by Gasteiger charge is -2.36. The number of hydrogen-bond acceptors (Lipinski definition) is 6. The highest BCUT2D eigenvalue weighted by molar-refractivity contribution is 6.19. The number of piperazine rings is 1. The Morgan fingerprint density at radius 2 is 1.76 bits per heavy atom. The second-order valence-electron chi connectivity index (χ2n) is 14.9. The average molecular weight is 649 g/mol. The highest BCUT2D eigenvalue weighted by Crippen LogP contribution is 2.42. The number of hydrogen-bond donors (Lipinski definition) is 1. The van der Waals surface area contributed by atoms with Crippen molar-refractivity contribution in [3.05, 3.63) is 112 Å². The number of aryl methyl sites for hydroxylation is 1. The van der Waals surface area contributed by atoms with E-state index in [0.717, 1.165) is 54.3 Å². The van der Waals surface area contributed by atoms with Gasteiger partial charge in [-0.15, -0.1) is 0 Å². The lowest BCUT2D eigenvalue weighted by molar-refractivity contribution is 0.180. The first kappa shape index (κ1) is 31.9. The maximum absolute atomic E-state index is 10.1. The quantitative estimate of drug-likeness (QED) is 0.190. The standard InChI is InChI=1S/C43H48N6/c1-30-22-32-11-5-6-13-37(32)39(23-30)38-26-41(46-19-7-16-43-17-8-20-49(43)21-9-18-43)40(25-34(38)24-31-10-3-4-12-33(31)27-44)42(45-2)48-28-35-14-15-36(29-48)47-35/h3-6,10-13,22-23,25-26,35-36,47H,2,7-9,14-21,24,28-29H2,1H3/b42-40+,46-41-. The molecule has 4 heterocycles. The highest BCUT2D eigenvalue weighted by Gasteiger charge is 2.43. The molecule has 250 valence electrons. The smallest absolute Gasteiger partial charge is 0.137 e. The van der Waals surface area contributed by atoms with Crippen molar-refractivity contribution in [2.45, 2.75) is 82.3 Å². The van der Waals surface area contributed by atoms with E-state index < -0.39 is 0 Å². The molecule has 0 amide bonds. The molecule has 2 unspecified atom stereocenters. The molecule has 2 bridgehead atoms. The molecule has 1 aliphatic carbocycles. The molecule has 1 N–H and O–H groups in total. The van der Waals surface area contributed by atoms with Crippen molar-refractivity contribution >= 4 is 28.8 Å². The number of aliphatic imine (C=N–C) groups is 2. The van der Waals surface area contributed by atoms with E-state index >= 15 is 0 Å². The Morgan fingerprint density at radius 3 is 2.53 bits per heavy atom. The van der Waals surface area contributed by atoms with E-state index in [1.807, 2.05) is 18.2 Å². The van der Waals surface area contributed by atoms with Crippen LogP contribution in [0.25, 0.3) is 16.3 Å². The summed E-state index contributed by atoms with van der Waals surface area (Å²) >= 11 is 0. The molecule has 6 heteroatoms. The van der Waals surface area contributed by atoms with Crippen LogP contribution in [-0.4, -0.2) is 72.6 Å². The average Bonchev–Trinajstić information content (AvgIpc) is 3.81. The monoisotopic (exact) mass is 648 g/mol. The number of nitrogens with one attached hydrogen (secondary N) is 1. The fourth-order valence-electron chi connectivity index (χ4n) is 9.58. The van der Waals surface area contributed by atoms with Gasteiger partial charge >= 0.3 is 0 Å². The Hall–Kier alpha value is -4.31. The normalized spacial score (nSPS) is 24.9. The molecule has 5 aliphatic rings. The molecular weight excluding hydrogens is 601 g/mol. The molecule has 0 saturated carbocycles. The van der Waals surface area contributed by atoms with Crippen LogP contribution in [-0.2, 0) is 6.42 Å². The summed E-state index contributed by atoms with van der Waals surface area (Å²) in [4.78, 5) is 15.4. The van der Waals surface area contributed by atoms with Gasteiger partial charge in [-0.25, -0.2) is 4.99 Å². The Kier molecular flexibility index (Phi) is 8.82. The number of rotatable bonds is 9. The minimum absolute atomic E-state index is 0.405. The summed E-state index contributed by atoms with van der Waals surface area (Å²) in [5.74, 6) is 0.934. The zero-order chi connectivity index (χ0) is 33.4. The second kappa shape index (κ2) is 13.5. The van der Waals surface area contributed by atoms with Crippen molar-refractivity contribution in [2.75, 3.05) is 32.7 Å². The van der Waals surface area contributed by atoms with Gasteiger partial charge in [-0.05, 0) is 141 Å². The molecule has 8 rings (SSSR count). The topological polar surface area (TPSA) is 67.0 Å². The summed E-state index contributed by atoms with van der Waals surface area (Å²) < 4.78 is 0. The van der Waals surface area contributed by atoms with Crippen LogP contribution in [0.2, 0.25) is 0 Å². The molecule has 4 saturated heterocycles.